The number of fused-ring (bicyclic) bond motifs is 3. The molecule has 2 unspecified atom stereocenters. The van der Waals surface area contributed by atoms with Gasteiger partial charge < -0.3 is 25.6 Å². The first-order valence-electron chi connectivity index (χ1n) is 14.7. The highest BCUT2D eigenvalue weighted by molar-refractivity contribution is 7.76. The van der Waals surface area contributed by atoms with Gasteiger partial charge in [-0.2, -0.15) is 4.31 Å². The predicted octanol–water partition coefficient (Wildman–Crippen LogP) is 3.91. The van der Waals surface area contributed by atoms with Crippen molar-refractivity contribution in [1.29, 1.82) is 0 Å². The van der Waals surface area contributed by atoms with E-state index in [1.54, 1.807) is 18.2 Å². The van der Waals surface area contributed by atoms with Gasteiger partial charge in [-0.3, -0.25) is 9.35 Å². The highest BCUT2D eigenvalue weighted by Crippen LogP contribution is 2.42. The van der Waals surface area contributed by atoms with Crippen molar-refractivity contribution in [2.24, 2.45) is 17.6 Å². The molecule has 2 heterocycles. The first-order valence-corrected chi connectivity index (χ1v) is 16.1. The number of allylic oxidation sites excluding steroid dienone is 1. The predicted molar refractivity (Wildman–Crippen MR) is 163 cm³/mol. The molecule has 5 atom stereocenters. The summed E-state index contributed by atoms with van der Waals surface area (Å²) in [4.78, 5) is 15.0. The van der Waals surface area contributed by atoms with Crippen molar-refractivity contribution in [3.05, 3.63) is 70.3 Å². The summed E-state index contributed by atoms with van der Waals surface area (Å²) in [7, 11) is 0. The molecule has 2 aromatic carbocycles. The second kappa shape index (κ2) is 13.4. The van der Waals surface area contributed by atoms with E-state index in [9.17, 15) is 23.8 Å². The van der Waals surface area contributed by atoms with Crippen LogP contribution in [0.15, 0.2) is 48.6 Å². The lowest BCUT2D eigenvalue weighted by atomic mass is 9.70. The van der Waals surface area contributed by atoms with Crippen LogP contribution in [0.25, 0.3) is 0 Å². The number of benzene rings is 2. The zero-order valence-corrected chi connectivity index (χ0v) is 25.2. The fraction of sp³-hybridized carbons (Fsp3) is 0.516. The van der Waals surface area contributed by atoms with E-state index in [-0.39, 0.29) is 23.9 Å². The van der Waals surface area contributed by atoms with Crippen molar-refractivity contribution >= 4 is 34.5 Å². The normalized spacial score (nSPS) is 29.0. The molecule has 0 radical (unpaired) electrons. The third kappa shape index (κ3) is 6.85. The lowest BCUT2D eigenvalue weighted by Crippen LogP contribution is -2.50. The Labute approximate surface area is 254 Å². The highest BCUT2D eigenvalue weighted by atomic mass is 35.5. The minimum Gasteiger partial charge on any atom is -0.487 e. The van der Waals surface area contributed by atoms with Crippen molar-refractivity contribution in [3.63, 3.8) is 0 Å². The third-order valence-corrected chi connectivity index (χ3v) is 9.96. The summed E-state index contributed by atoms with van der Waals surface area (Å²) in [6.07, 6.45) is 8.84. The molecule has 1 saturated carbocycles. The molecule has 0 aromatic heterocycles. The van der Waals surface area contributed by atoms with Crippen LogP contribution in [0.2, 0.25) is 5.02 Å². The quantitative estimate of drug-likeness (QED) is 0.296. The molecule has 5 rings (SSSR count). The summed E-state index contributed by atoms with van der Waals surface area (Å²) in [6, 6.07) is 10.9. The van der Waals surface area contributed by atoms with E-state index in [4.69, 9.17) is 22.1 Å². The number of anilines is 1. The van der Waals surface area contributed by atoms with E-state index in [1.807, 2.05) is 30.4 Å². The molecule has 3 aliphatic rings. The number of β-amino-alcohol motifs (C(OH)–C–C–N with tert-alkyl or cyclic N) is 1. The Morgan fingerprint density at radius 3 is 2.67 bits per heavy atom. The molecule has 11 heteroatoms. The van der Waals surface area contributed by atoms with Crippen LogP contribution in [0.1, 0.15) is 55.2 Å². The van der Waals surface area contributed by atoms with Gasteiger partial charge >= 0.3 is 0 Å². The van der Waals surface area contributed by atoms with Crippen LogP contribution < -0.4 is 15.4 Å². The van der Waals surface area contributed by atoms with E-state index in [2.05, 4.69) is 4.90 Å². The number of aryl methyl sites for hydroxylation is 1. The summed E-state index contributed by atoms with van der Waals surface area (Å²) in [5.41, 5.74) is 6.69. The second-order valence-corrected chi connectivity index (χ2v) is 13.1. The van der Waals surface area contributed by atoms with Crippen molar-refractivity contribution < 1.29 is 28.5 Å². The molecule has 0 saturated heterocycles. The number of aliphatic hydroxyl groups is 2. The topological polar surface area (TPSA) is 137 Å². The minimum atomic E-state index is -2.44. The number of hydrogen-bond donors (Lipinski definition) is 4. The van der Waals surface area contributed by atoms with Crippen LogP contribution in [0.5, 0.6) is 5.75 Å². The number of hydrogen-bond acceptors (Lipinski definition) is 6. The molecular weight excluding hydrogens is 578 g/mol. The van der Waals surface area contributed by atoms with E-state index >= 15 is 0 Å². The average Bonchev–Trinajstić information content (AvgIpc) is 2.96. The molecule has 0 spiro atoms. The maximum atomic E-state index is 12.8. The van der Waals surface area contributed by atoms with Gasteiger partial charge in [0.25, 0.3) is 5.91 Å². The van der Waals surface area contributed by atoms with Crippen molar-refractivity contribution in [1.82, 2.24) is 4.31 Å². The van der Waals surface area contributed by atoms with Gasteiger partial charge in [0.05, 0.1) is 18.3 Å². The van der Waals surface area contributed by atoms with Crippen LogP contribution in [0, 0.1) is 11.8 Å². The number of aliphatic hydroxyl groups excluding tert-OH is 1. The molecule has 2 aliphatic heterocycles. The van der Waals surface area contributed by atoms with Crippen LogP contribution in [-0.2, 0) is 34.7 Å². The molecule has 1 aliphatic carbocycles. The molecule has 42 heavy (non-hydrogen) atoms. The summed E-state index contributed by atoms with van der Waals surface area (Å²) in [5, 5.41) is 23.3. The van der Waals surface area contributed by atoms with Crippen LogP contribution in [0.4, 0.5) is 5.69 Å². The largest absolute Gasteiger partial charge is 0.487 e. The molecule has 2 aromatic rings. The molecule has 1 fully saturated rings. The van der Waals surface area contributed by atoms with E-state index in [1.165, 1.54) is 0 Å². The van der Waals surface area contributed by atoms with E-state index < -0.39 is 35.4 Å². The van der Waals surface area contributed by atoms with Crippen molar-refractivity contribution in [2.45, 2.75) is 63.3 Å². The Balaban J connectivity index is 1.58. The Morgan fingerprint density at radius 1 is 1.10 bits per heavy atom. The Morgan fingerprint density at radius 2 is 1.93 bits per heavy atom. The lowest BCUT2D eigenvalue weighted by Gasteiger charge is -2.43. The molecule has 228 valence electrons. The maximum Gasteiger partial charge on any atom is 0.255 e. The number of amides is 1. The van der Waals surface area contributed by atoms with E-state index in [0.717, 1.165) is 47.5 Å². The number of rotatable bonds is 2. The summed E-state index contributed by atoms with van der Waals surface area (Å²) < 4.78 is 29.7. The lowest BCUT2D eigenvalue weighted by molar-refractivity contribution is -0.138. The third-order valence-electron chi connectivity index (χ3n) is 8.97. The Hall–Kier alpha value is -2.47. The molecule has 9 nitrogen and oxygen atoms in total. The van der Waals surface area contributed by atoms with Crippen molar-refractivity contribution in [3.8, 4) is 5.75 Å². The zero-order valence-electron chi connectivity index (χ0n) is 23.7. The molecular formula is C31H40ClN3O6S. The highest BCUT2D eigenvalue weighted by Gasteiger charge is 2.41. The van der Waals surface area contributed by atoms with Gasteiger partial charge in [0.2, 0.25) is 11.3 Å². The summed E-state index contributed by atoms with van der Waals surface area (Å²) in [5.74, 6) is -0.0303. The first-order chi connectivity index (χ1) is 20.2. The van der Waals surface area contributed by atoms with Gasteiger partial charge in [0.1, 0.15) is 12.4 Å². The Bertz CT molecular complexity index is 1340. The standard InChI is InChI=1S/C31H40ClN3O6S/c32-25-11-8-23-19-41-29-13-10-24-17-27(29)34(14-5-3-6-21(23)16-25)18-22-9-12-26(22)28(36)7-2-1-4-15-35(42(39)40)20-31(24,38)30(33)37/h2,7-8,10-11,13,16-17,22,26,28,36,38H,1,3-6,9,12,14-15,18-20H2,(H2,33,37)(H,39,40)/b7-2+/t22-,26+,28-,31?/m0/s1. The fourth-order valence-corrected chi connectivity index (χ4v) is 7.07. The second-order valence-electron chi connectivity index (χ2n) is 11.7. The molecule has 1 amide bonds. The average molecular weight is 618 g/mol. The Kier molecular flexibility index (Phi) is 9.92. The number of ether oxygens (including phenoxy) is 1. The van der Waals surface area contributed by atoms with Gasteiger partial charge in [0.15, 0.2) is 5.60 Å². The van der Waals surface area contributed by atoms with Crippen LogP contribution >= 0.6 is 11.6 Å². The zero-order chi connectivity index (χ0) is 29.9. The SMILES string of the molecule is NC(=O)C1(O)CN(S(=O)O)CCC/C=C/[C@H](O)[C@@H]2CC[C@H]2CN2CCCCc3cc(Cl)ccc3COc3ccc1cc32. The number of nitrogens with zero attached hydrogens (tertiary/aromatic N) is 2. The maximum absolute atomic E-state index is 12.8. The number of carbonyl (C=O) groups is 1. The van der Waals surface area contributed by atoms with Gasteiger partial charge in [-0.05, 0) is 97.7 Å². The van der Waals surface area contributed by atoms with Crippen LogP contribution in [0.3, 0.4) is 0 Å². The number of primary amides is 1. The molecule has 5 N–H and O–H groups in total. The number of halogens is 1. The van der Waals surface area contributed by atoms with E-state index in [0.29, 0.717) is 49.0 Å². The summed E-state index contributed by atoms with van der Waals surface area (Å²) >= 11 is 3.86. The van der Waals surface area contributed by atoms with Crippen LogP contribution in [-0.4, -0.2) is 61.5 Å². The minimum absolute atomic E-state index is 0.121. The summed E-state index contributed by atoms with van der Waals surface area (Å²) in [6.45, 7) is 1.40. The first kappa shape index (κ1) is 31.0. The smallest absolute Gasteiger partial charge is 0.255 e. The fourth-order valence-electron chi connectivity index (χ4n) is 6.29. The van der Waals surface area contributed by atoms with Gasteiger partial charge in [-0.1, -0.05) is 35.9 Å². The van der Waals surface area contributed by atoms with Crippen molar-refractivity contribution in [2.75, 3.05) is 31.1 Å². The van der Waals surface area contributed by atoms with Gasteiger partial charge in [-0.15, -0.1) is 0 Å². The van der Waals surface area contributed by atoms with Gasteiger partial charge in [0, 0.05) is 24.7 Å². The molecule has 2 bridgehead atoms. The van der Waals surface area contributed by atoms with Gasteiger partial charge in [-0.25, -0.2) is 4.21 Å². The monoisotopic (exact) mass is 617 g/mol. The number of nitrogens with two attached hydrogens (primary N) is 1. The number of carbonyl (C=O) groups excluding carboxylic acids is 1.